The van der Waals surface area contributed by atoms with E-state index >= 15 is 0 Å². The molecular weight excluding hydrogens is 522 g/mol. The Bertz CT molecular complexity index is 2050. The molecule has 2 aliphatic carbocycles. The first-order valence-corrected chi connectivity index (χ1v) is 14.4. The lowest BCUT2D eigenvalue weighted by atomic mass is 9.69. The van der Waals surface area contributed by atoms with Crippen molar-refractivity contribution in [2.24, 2.45) is 0 Å². The van der Waals surface area contributed by atoms with Gasteiger partial charge < -0.3 is 0 Å². The molecule has 1 atom stereocenters. The van der Waals surface area contributed by atoms with Crippen molar-refractivity contribution in [3.05, 3.63) is 181 Å². The predicted molar refractivity (Wildman–Crippen MR) is 175 cm³/mol. The Balaban J connectivity index is 1.41. The first kappa shape index (κ1) is 25.1. The average molecular weight is 550 g/mol. The van der Waals surface area contributed by atoms with Crippen LogP contribution in [0.2, 0.25) is 0 Å². The van der Waals surface area contributed by atoms with Crippen LogP contribution in [0.5, 0.6) is 0 Å². The summed E-state index contributed by atoms with van der Waals surface area (Å²) in [6.07, 6.45) is 3.98. The molecule has 1 spiro atoms. The van der Waals surface area contributed by atoms with Crippen LogP contribution in [0.3, 0.4) is 0 Å². The van der Waals surface area contributed by atoms with Crippen molar-refractivity contribution in [3.63, 3.8) is 0 Å². The van der Waals surface area contributed by atoms with Gasteiger partial charge >= 0.3 is 0 Å². The molecule has 0 N–H and O–H groups in total. The monoisotopic (exact) mass is 549 g/mol. The van der Waals surface area contributed by atoms with Gasteiger partial charge in [-0.05, 0) is 50.6 Å². The summed E-state index contributed by atoms with van der Waals surface area (Å²) in [5, 5.41) is 0. The van der Waals surface area contributed by atoms with Gasteiger partial charge in [0.2, 0.25) is 0 Å². The average Bonchev–Trinajstić information content (AvgIpc) is 3.55. The van der Waals surface area contributed by atoms with Crippen molar-refractivity contribution >= 4 is 5.57 Å². The van der Waals surface area contributed by atoms with Crippen LogP contribution in [0.4, 0.5) is 0 Å². The number of fused-ring (bicyclic) bond motifs is 7. The van der Waals surface area contributed by atoms with E-state index in [1.807, 2.05) is 72.8 Å². The van der Waals surface area contributed by atoms with Gasteiger partial charge in [0.25, 0.3) is 0 Å². The summed E-state index contributed by atoms with van der Waals surface area (Å²) in [4.78, 5) is 15.0. The van der Waals surface area contributed by atoms with Crippen LogP contribution in [0, 0.1) is 0 Å². The molecule has 0 bridgehead atoms. The first-order valence-electron chi connectivity index (χ1n) is 14.4. The predicted octanol–water partition coefficient (Wildman–Crippen LogP) is 9.33. The normalized spacial score (nSPS) is 16.1. The van der Waals surface area contributed by atoms with E-state index in [0.717, 1.165) is 27.8 Å². The minimum atomic E-state index is -0.513. The molecule has 0 radical (unpaired) electrons. The highest BCUT2D eigenvalue weighted by atomic mass is 15.0. The zero-order chi connectivity index (χ0) is 29.0. The number of benzene rings is 5. The second-order valence-electron chi connectivity index (χ2n) is 10.9. The molecule has 6 aromatic rings. The number of hydrogen-bond acceptors (Lipinski definition) is 3. The second-order valence-corrected chi connectivity index (χ2v) is 10.9. The summed E-state index contributed by atoms with van der Waals surface area (Å²) in [6, 6.07) is 44.2. The van der Waals surface area contributed by atoms with E-state index in [9.17, 15) is 0 Å². The van der Waals surface area contributed by atoms with Crippen LogP contribution < -0.4 is 0 Å². The molecule has 0 aliphatic heterocycles. The lowest BCUT2D eigenvalue weighted by Crippen LogP contribution is -2.26. The fraction of sp³-hybridized carbons (Fsp3) is 0.0250. The fourth-order valence-corrected chi connectivity index (χ4v) is 6.96. The smallest absolute Gasteiger partial charge is 0.164 e. The minimum absolute atomic E-state index is 0.513. The Kier molecular flexibility index (Phi) is 5.66. The largest absolute Gasteiger partial charge is 0.208 e. The van der Waals surface area contributed by atoms with Gasteiger partial charge in [-0.25, -0.2) is 15.0 Å². The Morgan fingerprint density at radius 2 is 0.930 bits per heavy atom. The van der Waals surface area contributed by atoms with Gasteiger partial charge in [0.15, 0.2) is 17.5 Å². The number of hydrogen-bond donors (Lipinski definition) is 0. The van der Waals surface area contributed by atoms with Crippen molar-refractivity contribution in [2.45, 2.75) is 5.41 Å². The molecule has 0 amide bonds. The van der Waals surface area contributed by atoms with Gasteiger partial charge in [-0.1, -0.05) is 147 Å². The summed E-state index contributed by atoms with van der Waals surface area (Å²) in [5.41, 5.74) is 11.9. The molecule has 8 rings (SSSR count). The molecule has 0 fully saturated rings. The van der Waals surface area contributed by atoms with E-state index in [1.54, 1.807) is 0 Å². The third-order valence-corrected chi connectivity index (χ3v) is 8.73. The highest BCUT2D eigenvalue weighted by Gasteiger charge is 2.51. The standard InChI is InChI=1S/C40H27N3/c1-3-29-30-19-11-13-21-34(30)40(33(29)4-2)35-22-14-12-20-31(35)32-24-23-28(25-36(32)40)39-42-37(26-15-7-5-8-16-26)41-38(43-39)27-17-9-6-10-18-27/h3-25H,1-2H2. The van der Waals surface area contributed by atoms with E-state index in [0.29, 0.717) is 17.5 Å². The first-order chi connectivity index (χ1) is 21.2. The van der Waals surface area contributed by atoms with Crippen molar-refractivity contribution in [1.82, 2.24) is 15.0 Å². The van der Waals surface area contributed by atoms with Crippen molar-refractivity contribution < 1.29 is 0 Å². The van der Waals surface area contributed by atoms with Crippen LogP contribution in [0.15, 0.2) is 158 Å². The van der Waals surface area contributed by atoms with E-state index in [1.165, 1.54) is 33.4 Å². The summed E-state index contributed by atoms with van der Waals surface area (Å²) in [7, 11) is 0. The molecule has 202 valence electrons. The molecule has 2 aliphatic rings. The van der Waals surface area contributed by atoms with Crippen LogP contribution in [-0.4, -0.2) is 15.0 Å². The Labute approximate surface area is 251 Å². The molecule has 0 saturated carbocycles. The highest BCUT2D eigenvalue weighted by molar-refractivity contribution is 5.98. The van der Waals surface area contributed by atoms with Gasteiger partial charge in [0, 0.05) is 16.7 Å². The lowest BCUT2D eigenvalue weighted by molar-refractivity contribution is 0.787. The van der Waals surface area contributed by atoms with Crippen molar-refractivity contribution in [2.75, 3.05) is 0 Å². The van der Waals surface area contributed by atoms with Crippen LogP contribution in [-0.2, 0) is 5.41 Å². The molecule has 3 nitrogen and oxygen atoms in total. The highest BCUT2D eigenvalue weighted by Crippen LogP contribution is 2.62. The van der Waals surface area contributed by atoms with E-state index < -0.39 is 5.41 Å². The van der Waals surface area contributed by atoms with E-state index in [4.69, 9.17) is 15.0 Å². The van der Waals surface area contributed by atoms with Crippen molar-refractivity contribution in [3.8, 4) is 45.3 Å². The number of rotatable bonds is 5. The third-order valence-electron chi connectivity index (χ3n) is 8.73. The Morgan fingerprint density at radius 1 is 0.442 bits per heavy atom. The molecule has 5 aromatic carbocycles. The molecule has 43 heavy (non-hydrogen) atoms. The molecule has 1 heterocycles. The quantitative estimate of drug-likeness (QED) is 0.215. The fourth-order valence-electron chi connectivity index (χ4n) is 6.96. The molecule has 1 unspecified atom stereocenters. The number of allylic oxidation sites excluding steroid dienone is 4. The van der Waals surface area contributed by atoms with Gasteiger partial charge in [0.05, 0.1) is 5.41 Å². The van der Waals surface area contributed by atoms with Gasteiger partial charge in [0.1, 0.15) is 0 Å². The summed E-state index contributed by atoms with van der Waals surface area (Å²) in [6.45, 7) is 8.54. The van der Waals surface area contributed by atoms with Crippen molar-refractivity contribution in [1.29, 1.82) is 0 Å². The molecule has 1 aromatic heterocycles. The van der Waals surface area contributed by atoms with Crippen LogP contribution in [0.1, 0.15) is 22.3 Å². The summed E-state index contributed by atoms with van der Waals surface area (Å²) in [5.74, 6) is 1.94. The zero-order valence-electron chi connectivity index (χ0n) is 23.5. The maximum atomic E-state index is 5.03. The van der Waals surface area contributed by atoms with E-state index in [-0.39, 0.29) is 0 Å². The van der Waals surface area contributed by atoms with Gasteiger partial charge in [-0.3, -0.25) is 0 Å². The maximum absolute atomic E-state index is 5.03. The minimum Gasteiger partial charge on any atom is -0.208 e. The topological polar surface area (TPSA) is 38.7 Å². The number of nitrogens with zero attached hydrogens (tertiary/aromatic N) is 3. The second kappa shape index (κ2) is 9.71. The third kappa shape index (κ3) is 3.58. The summed E-state index contributed by atoms with van der Waals surface area (Å²) >= 11 is 0. The number of aromatic nitrogens is 3. The molecule has 3 heteroatoms. The summed E-state index contributed by atoms with van der Waals surface area (Å²) < 4.78 is 0. The van der Waals surface area contributed by atoms with Gasteiger partial charge in [-0.2, -0.15) is 0 Å². The van der Waals surface area contributed by atoms with Crippen LogP contribution >= 0.6 is 0 Å². The van der Waals surface area contributed by atoms with Gasteiger partial charge in [-0.15, -0.1) is 0 Å². The molecular formula is C40H27N3. The molecule has 0 saturated heterocycles. The van der Waals surface area contributed by atoms with Crippen LogP contribution in [0.25, 0.3) is 50.9 Å². The lowest BCUT2D eigenvalue weighted by Gasteiger charge is -2.31. The van der Waals surface area contributed by atoms with E-state index in [2.05, 4.69) is 79.9 Å². The Morgan fingerprint density at radius 3 is 1.51 bits per heavy atom. The Hall–Kier alpha value is -5.67. The zero-order valence-corrected chi connectivity index (χ0v) is 23.5. The maximum Gasteiger partial charge on any atom is 0.164 e. The SMILES string of the molecule is C=CC1=C(C=C)C2(c3ccccc31)c1ccccc1-c1ccc(-c3nc(-c4ccccc4)nc(-c4ccccc4)n3)cc12.